The zero-order valence-electron chi connectivity index (χ0n) is 9.58. The fourth-order valence-corrected chi connectivity index (χ4v) is 3.11. The van der Waals surface area contributed by atoms with Crippen molar-refractivity contribution < 1.29 is 0 Å². The zero-order chi connectivity index (χ0) is 11.7. The van der Waals surface area contributed by atoms with E-state index in [4.69, 9.17) is 11.6 Å². The number of pyridine rings is 1. The van der Waals surface area contributed by atoms with E-state index >= 15 is 0 Å². The molecule has 4 heteroatoms. The maximum Gasteiger partial charge on any atom is 0.142 e. The molecule has 0 bridgehead atoms. The summed E-state index contributed by atoms with van der Waals surface area (Å²) in [6.07, 6.45) is 4.13. The molecule has 0 unspecified atom stereocenters. The van der Waals surface area contributed by atoms with Crippen LogP contribution >= 0.6 is 27.5 Å². The summed E-state index contributed by atoms with van der Waals surface area (Å²) in [5.74, 6) is 1.75. The Balaban J connectivity index is 2.03. The SMILES string of the molecule is Cc1ccnc(N(C)CC2CC(Cl)C2)c1Br. The Morgan fingerprint density at radius 3 is 2.88 bits per heavy atom. The van der Waals surface area contributed by atoms with Crippen molar-refractivity contribution in [2.45, 2.75) is 25.1 Å². The maximum atomic E-state index is 5.99. The van der Waals surface area contributed by atoms with Gasteiger partial charge in [0.15, 0.2) is 0 Å². The van der Waals surface area contributed by atoms with Gasteiger partial charge >= 0.3 is 0 Å². The van der Waals surface area contributed by atoms with E-state index in [0.717, 1.165) is 35.6 Å². The normalized spacial score (nSPS) is 24.0. The van der Waals surface area contributed by atoms with Crippen LogP contribution in [0.2, 0.25) is 0 Å². The molecule has 0 atom stereocenters. The lowest BCUT2D eigenvalue weighted by atomic mass is 9.84. The average molecular weight is 304 g/mol. The Morgan fingerprint density at radius 1 is 1.56 bits per heavy atom. The van der Waals surface area contributed by atoms with Gasteiger partial charge < -0.3 is 4.90 Å². The highest BCUT2D eigenvalue weighted by molar-refractivity contribution is 9.10. The third-order valence-corrected chi connectivity index (χ3v) is 4.47. The number of hydrogen-bond donors (Lipinski definition) is 0. The lowest BCUT2D eigenvalue weighted by Gasteiger charge is -2.34. The summed E-state index contributed by atoms with van der Waals surface area (Å²) in [6, 6.07) is 2.01. The molecular formula is C12H16BrClN2. The number of alkyl halides is 1. The van der Waals surface area contributed by atoms with Gasteiger partial charge in [-0.3, -0.25) is 0 Å². The molecule has 1 heterocycles. The third kappa shape index (κ3) is 2.51. The van der Waals surface area contributed by atoms with E-state index in [1.807, 2.05) is 12.3 Å². The molecule has 0 radical (unpaired) electrons. The lowest BCUT2D eigenvalue weighted by Crippen LogP contribution is -2.35. The molecule has 0 aromatic carbocycles. The minimum absolute atomic E-state index is 0.396. The second kappa shape index (κ2) is 4.92. The van der Waals surface area contributed by atoms with E-state index in [-0.39, 0.29) is 0 Å². The van der Waals surface area contributed by atoms with E-state index in [0.29, 0.717) is 5.38 Å². The quantitative estimate of drug-likeness (QED) is 0.793. The summed E-state index contributed by atoms with van der Waals surface area (Å²) in [6.45, 7) is 3.12. The van der Waals surface area contributed by atoms with Crippen molar-refractivity contribution in [3.63, 3.8) is 0 Å². The summed E-state index contributed by atoms with van der Waals surface area (Å²) in [5, 5.41) is 0.396. The van der Waals surface area contributed by atoms with E-state index in [1.165, 1.54) is 5.56 Å². The highest BCUT2D eigenvalue weighted by Crippen LogP contribution is 2.34. The van der Waals surface area contributed by atoms with Crippen LogP contribution in [0.25, 0.3) is 0 Å². The van der Waals surface area contributed by atoms with Gasteiger partial charge in [0.2, 0.25) is 0 Å². The maximum absolute atomic E-state index is 5.99. The van der Waals surface area contributed by atoms with Crippen molar-refractivity contribution in [3.05, 3.63) is 22.3 Å². The largest absolute Gasteiger partial charge is 0.358 e. The van der Waals surface area contributed by atoms with Crippen molar-refractivity contribution in [3.8, 4) is 0 Å². The molecule has 1 fully saturated rings. The van der Waals surface area contributed by atoms with E-state index < -0.39 is 0 Å². The van der Waals surface area contributed by atoms with Crippen LogP contribution in [0.3, 0.4) is 0 Å². The molecular weight excluding hydrogens is 288 g/mol. The number of hydrogen-bond acceptors (Lipinski definition) is 2. The molecule has 2 rings (SSSR count). The number of aryl methyl sites for hydroxylation is 1. The van der Waals surface area contributed by atoms with Gasteiger partial charge in [0, 0.05) is 25.2 Å². The first-order valence-electron chi connectivity index (χ1n) is 5.54. The first-order chi connectivity index (χ1) is 7.58. The number of rotatable bonds is 3. The fraction of sp³-hybridized carbons (Fsp3) is 0.583. The van der Waals surface area contributed by atoms with Gasteiger partial charge in [0.1, 0.15) is 5.82 Å². The zero-order valence-corrected chi connectivity index (χ0v) is 11.9. The smallest absolute Gasteiger partial charge is 0.142 e. The molecule has 1 aromatic rings. The van der Waals surface area contributed by atoms with Gasteiger partial charge in [-0.2, -0.15) is 0 Å². The Bertz CT molecular complexity index is 377. The monoisotopic (exact) mass is 302 g/mol. The van der Waals surface area contributed by atoms with Crippen LogP contribution in [0.5, 0.6) is 0 Å². The second-order valence-corrected chi connectivity index (χ2v) is 5.99. The van der Waals surface area contributed by atoms with Crippen molar-refractivity contribution in [2.75, 3.05) is 18.5 Å². The van der Waals surface area contributed by atoms with Gasteiger partial charge in [-0.1, -0.05) is 0 Å². The topological polar surface area (TPSA) is 16.1 Å². The predicted molar refractivity (Wildman–Crippen MR) is 72.3 cm³/mol. The number of nitrogens with zero attached hydrogens (tertiary/aromatic N) is 2. The molecule has 88 valence electrons. The molecule has 0 amide bonds. The van der Waals surface area contributed by atoms with E-state index in [9.17, 15) is 0 Å². The van der Waals surface area contributed by atoms with Gasteiger partial charge in [0.05, 0.1) is 4.47 Å². The molecule has 0 saturated heterocycles. The van der Waals surface area contributed by atoms with Crippen LogP contribution in [0.4, 0.5) is 5.82 Å². The molecule has 1 aromatic heterocycles. The van der Waals surface area contributed by atoms with Gasteiger partial charge in [-0.15, -0.1) is 11.6 Å². The Morgan fingerprint density at radius 2 is 2.25 bits per heavy atom. The van der Waals surface area contributed by atoms with Crippen LogP contribution < -0.4 is 4.90 Å². The van der Waals surface area contributed by atoms with Crippen molar-refractivity contribution in [1.82, 2.24) is 4.98 Å². The van der Waals surface area contributed by atoms with Crippen molar-refractivity contribution in [1.29, 1.82) is 0 Å². The molecule has 2 nitrogen and oxygen atoms in total. The van der Waals surface area contributed by atoms with E-state index in [1.54, 1.807) is 0 Å². The Kier molecular flexibility index (Phi) is 3.75. The van der Waals surface area contributed by atoms with Gasteiger partial charge in [-0.25, -0.2) is 4.98 Å². The summed E-state index contributed by atoms with van der Waals surface area (Å²) in [4.78, 5) is 6.63. The number of aromatic nitrogens is 1. The highest BCUT2D eigenvalue weighted by Gasteiger charge is 2.28. The van der Waals surface area contributed by atoms with Crippen LogP contribution in [-0.4, -0.2) is 24.0 Å². The molecule has 1 aliphatic rings. The highest BCUT2D eigenvalue weighted by atomic mass is 79.9. The van der Waals surface area contributed by atoms with Crippen molar-refractivity contribution in [2.24, 2.45) is 5.92 Å². The summed E-state index contributed by atoms with van der Waals surface area (Å²) in [5.41, 5.74) is 1.22. The van der Waals surface area contributed by atoms with Crippen LogP contribution in [-0.2, 0) is 0 Å². The first kappa shape index (κ1) is 12.2. The first-order valence-corrected chi connectivity index (χ1v) is 6.77. The molecule has 1 aliphatic carbocycles. The number of anilines is 1. The third-order valence-electron chi connectivity index (χ3n) is 3.14. The molecule has 0 N–H and O–H groups in total. The van der Waals surface area contributed by atoms with Crippen LogP contribution in [0.1, 0.15) is 18.4 Å². The molecule has 1 saturated carbocycles. The number of halogens is 2. The van der Waals surface area contributed by atoms with Gasteiger partial charge in [0.25, 0.3) is 0 Å². The average Bonchev–Trinajstić information content (AvgIpc) is 2.19. The molecule has 0 aliphatic heterocycles. The predicted octanol–water partition coefficient (Wildman–Crippen LogP) is 3.61. The van der Waals surface area contributed by atoms with Crippen LogP contribution in [0, 0.1) is 12.8 Å². The summed E-state index contributed by atoms with van der Waals surface area (Å²) >= 11 is 9.58. The Hall–Kier alpha value is -0.280. The summed E-state index contributed by atoms with van der Waals surface area (Å²) in [7, 11) is 2.09. The van der Waals surface area contributed by atoms with E-state index in [2.05, 4.69) is 39.8 Å². The fourth-order valence-electron chi connectivity index (χ4n) is 2.07. The molecule has 0 spiro atoms. The summed E-state index contributed by atoms with van der Waals surface area (Å²) < 4.78 is 1.10. The van der Waals surface area contributed by atoms with Gasteiger partial charge in [-0.05, 0) is 53.2 Å². The molecule has 16 heavy (non-hydrogen) atoms. The standard InChI is InChI=1S/C12H16BrClN2/c1-8-3-4-15-12(11(8)13)16(2)7-9-5-10(14)6-9/h3-4,9-10H,5-7H2,1-2H3. The lowest BCUT2D eigenvalue weighted by molar-refractivity contribution is 0.328. The van der Waals surface area contributed by atoms with Crippen LogP contribution in [0.15, 0.2) is 16.7 Å². The van der Waals surface area contributed by atoms with Crippen molar-refractivity contribution >= 4 is 33.3 Å². The Labute approximate surface area is 110 Å². The minimum Gasteiger partial charge on any atom is -0.358 e. The minimum atomic E-state index is 0.396. The second-order valence-electron chi connectivity index (χ2n) is 4.58.